The van der Waals surface area contributed by atoms with Gasteiger partial charge in [-0.3, -0.25) is 9.48 Å². The maximum atomic E-state index is 13.8. The molecule has 0 saturated heterocycles. The van der Waals surface area contributed by atoms with Crippen LogP contribution in [0, 0.1) is 23.3 Å². The second kappa shape index (κ2) is 7.52. The fraction of sp³-hybridized carbons (Fsp3) is 0.111. The van der Waals surface area contributed by atoms with Crippen LogP contribution in [0.4, 0.5) is 23.2 Å². The molecular weight excluding hydrogens is 472 g/mol. The number of hydrogen-bond acceptors (Lipinski definition) is 4. The van der Waals surface area contributed by atoms with Crippen LogP contribution in [-0.2, 0) is 6.54 Å². The van der Waals surface area contributed by atoms with Crippen LogP contribution >= 0.6 is 15.9 Å². The van der Waals surface area contributed by atoms with Crippen molar-refractivity contribution in [3.05, 3.63) is 64.0 Å². The zero-order valence-corrected chi connectivity index (χ0v) is 16.7. The molecule has 0 aliphatic heterocycles. The molecule has 0 unspecified atom stereocenters. The van der Waals surface area contributed by atoms with Gasteiger partial charge in [0.1, 0.15) is 11.4 Å². The number of halogens is 5. The van der Waals surface area contributed by atoms with Crippen LogP contribution in [0.15, 0.2) is 35.1 Å². The number of fused-ring (bicyclic) bond motifs is 1. The minimum absolute atomic E-state index is 0.0503. The van der Waals surface area contributed by atoms with Crippen LogP contribution in [0.5, 0.6) is 0 Å². The van der Waals surface area contributed by atoms with Crippen LogP contribution in [0.2, 0.25) is 0 Å². The minimum atomic E-state index is -1.72. The predicted octanol–water partition coefficient (Wildman–Crippen LogP) is 4.18. The van der Waals surface area contributed by atoms with Crippen molar-refractivity contribution in [2.45, 2.75) is 13.5 Å². The van der Waals surface area contributed by atoms with E-state index in [9.17, 15) is 22.4 Å². The fourth-order valence-electron chi connectivity index (χ4n) is 2.78. The van der Waals surface area contributed by atoms with Crippen molar-refractivity contribution < 1.29 is 22.4 Å². The Morgan fingerprint density at radius 3 is 2.47 bits per heavy atom. The summed E-state index contributed by atoms with van der Waals surface area (Å²) < 4.78 is 58.1. The zero-order chi connectivity index (χ0) is 21.6. The molecule has 0 radical (unpaired) electrons. The van der Waals surface area contributed by atoms with E-state index in [1.807, 2.05) is 12.2 Å². The Kier molecular flexibility index (Phi) is 5.02. The van der Waals surface area contributed by atoms with E-state index in [1.165, 1.54) is 16.8 Å². The summed E-state index contributed by atoms with van der Waals surface area (Å²) in [6.07, 6.45) is 3.25. The van der Waals surface area contributed by atoms with Crippen LogP contribution < -0.4 is 5.32 Å². The fourth-order valence-corrected chi connectivity index (χ4v) is 3.30. The molecule has 3 aromatic heterocycles. The molecule has 12 heteroatoms. The maximum absolute atomic E-state index is 13.8. The van der Waals surface area contributed by atoms with Crippen molar-refractivity contribution in [3.63, 3.8) is 0 Å². The summed E-state index contributed by atoms with van der Waals surface area (Å²) in [4.78, 5) is 16.6. The summed E-state index contributed by atoms with van der Waals surface area (Å²) in [6, 6.07) is 2.93. The van der Waals surface area contributed by atoms with Gasteiger partial charge in [0.25, 0.3) is 5.91 Å². The van der Waals surface area contributed by atoms with E-state index in [2.05, 4.69) is 31.1 Å². The number of rotatable bonds is 4. The lowest BCUT2D eigenvalue weighted by Gasteiger charge is -2.07. The maximum Gasteiger partial charge on any atom is 0.276 e. The van der Waals surface area contributed by atoms with Crippen LogP contribution in [0.1, 0.15) is 17.4 Å². The van der Waals surface area contributed by atoms with E-state index < -0.39 is 34.9 Å². The number of nitrogens with one attached hydrogen (secondary N) is 1. The zero-order valence-electron chi connectivity index (χ0n) is 15.1. The van der Waals surface area contributed by atoms with Gasteiger partial charge in [-0.15, -0.1) is 0 Å². The summed E-state index contributed by atoms with van der Waals surface area (Å²) in [5.74, 6) is -7.80. The van der Waals surface area contributed by atoms with E-state index in [0.717, 1.165) is 0 Å². The average molecular weight is 483 g/mol. The lowest BCUT2D eigenvalue weighted by atomic mass is 10.2. The molecule has 7 nitrogen and oxygen atoms in total. The Morgan fingerprint density at radius 1 is 1.13 bits per heavy atom. The van der Waals surface area contributed by atoms with Gasteiger partial charge in [-0.2, -0.15) is 10.2 Å². The van der Waals surface area contributed by atoms with E-state index in [0.29, 0.717) is 22.4 Å². The van der Waals surface area contributed by atoms with Gasteiger partial charge in [0.05, 0.1) is 10.2 Å². The third-order valence-electron chi connectivity index (χ3n) is 4.22. The summed E-state index contributed by atoms with van der Waals surface area (Å²) in [5, 5.41) is 10.3. The molecule has 0 fully saturated rings. The number of carbonyl (C=O) groups excluding carboxylic acids is 1. The normalized spacial score (nSPS) is 11.3. The van der Waals surface area contributed by atoms with Gasteiger partial charge in [0.2, 0.25) is 0 Å². The Balaban J connectivity index is 1.75. The standard InChI is InChI=1S/C18H11BrF4N6O/c1-2-28-7-8(19)16(27-28)12-3-4-24-13-6-11(26-29(12)13)18(30)25-17-14(22)9(20)5-10(21)15(17)23/h3-7H,2H2,1H3,(H,25,30). The number of aryl methyl sites for hydroxylation is 1. The Hall–Kier alpha value is -3.28. The average Bonchev–Trinajstić information content (AvgIpc) is 3.32. The summed E-state index contributed by atoms with van der Waals surface area (Å²) in [5.41, 5.74) is -0.241. The van der Waals surface area contributed by atoms with Crippen molar-refractivity contribution in [2.75, 3.05) is 5.32 Å². The second-order valence-electron chi connectivity index (χ2n) is 6.11. The molecule has 1 amide bonds. The molecule has 30 heavy (non-hydrogen) atoms. The lowest BCUT2D eigenvalue weighted by molar-refractivity contribution is 0.102. The Labute approximate surface area is 174 Å². The Morgan fingerprint density at radius 2 is 1.83 bits per heavy atom. The molecule has 0 atom stereocenters. The molecule has 1 N–H and O–H groups in total. The topological polar surface area (TPSA) is 77.1 Å². The van der Waals surface area contributed by atoms with Crippen molar-refractivity contribution in [1.29, 1.82) is 0 Å². The highest BCUT2D eigenvalue weighted by molar-refractivity contribution is 9.10. The minimum Gasteiger partial charge on any atom is -0.315 e. The van der Waals surface area contributed by atoms with Gasteiger partial charge in [-0.05, 0) is 28.9 Å². The van der Waals surface area contributed by atoms with E-state index in [4.69, 9.17) is 0 Å². The van der Waals surface area contributed by atoms with E-state index in [-0.39, 0.29) is 17.4 Å². The second-order valence-corrected chi connectivity index (χ2v) is 6.96. The molecule has 4 aromatic rings. The van der Waals surface area contributed by atoms with Crippen molar-refractivity contribution in [3.8, 4) is 11.4 Å². The SMILES string of the molecule is CCn1cc(Br)c(-c2ccnc3cc(C(=O)Nc4c(F)c(F)cc(F)c4F)nn23)n1. The molecule has 0 saturated carbocycles. The van der Waals surface area contributed by atoms with Crippen molar-refractivity contribution >= 4 is 33.2 Å². The molecule has 3 heterocycles. The van der Waals surface area contributed by atoms with E-state index in [1.54, 1.807) is 16.9 Å². The molecule has 4 rings (SSSR count). The van der Waals surface area contributed by atoms with Crippen LogP contribution in [0.3, 0.4) is 0 Å². The first-order chi connectivity index (χ1) is 14.3. The first-order valence-corrected chi connectivity index (χ1v) is 9.32. The highest BCUT2D eigenvalue weighted by Gasteiger charge is 2.23. The molecule has 0 aliphatic carbocycles. The van der Waals surface area contributed by atoms with Gasteiger partial charge in [0.15, 0.2) is 34.6 Å². The highest BCUT2D eigenvalue weighted by atomic mass is 79.9. The van der Waals surface area contributed by atoms with Gasteiger partial charge < -0.3 is 5.32 Å². The number of hydrogen-bond donors (Lipinski definition) is 1. The lowest BCUT2D eigenvalue weighted by Crippen LogP contribution is -2.16. The third-order valence-corrected chi connectivity index (χ3v) is 4.80. The van der Waals surface area contributed by atoms with Crippen molar-refractivity contribution in [2.24, 2.45) is 0 Å². The molecule has 154 valence electrons. The quantitative estimate of drug-likeness (QED) is 0.349. The summed E-state index contributed by atoms with van der Waals surface area (Å²) in [6.45, 7) is 2.54. The van der Waals surface area contributed by atoms with Crippen LogP contribution in [0.25, 0.3) is 17.0 Å². The molecule has 1 aromatic carbocycles. The van der Waals surface area contributed by atoms with Crippen molar-refractivity contribution in [1.82, 2.24) is 24.4 Å². The van der Waals surface area contributed by atoms with Gasteiger partial charge >= 0.3 is 0 Å². The van der Waals surface area contributed by atoms with Gasteiger partial charge in [-0.1, -0.05) is 0 Å². The predicted molar refractivity (Wildman–Crippen MR) is 102 cm³/mol. The molecular formula is C18H11BrF4N6O. The van der Waals surface area contributed by atoms with Crippen LogP contribution in [-0.4, -0.2) is 30.3 Å². The van der Waals surface area contributed by atoms with Gasteiger partial charge in [-0.25, -0.2) is 27.1 Å². The largest absolute Gasteiger partial charge is 0.315 e. The van der Waals surface area contributed by atoms with Gasteiger partial charge in [0, 0.05) is 31.1 Å². The number of amides is 1. The van der Waals surface area contributed by atoms with E-state index >= 15 is 0 Å². The number of nitrogens with zero attached hydrogens (tertiary/aromatic N) is 5. The number of carbonyl (C=O) groups is 1. The third kappa shape index (κ3) is 3.32. The first kappa shape index (κ1) is 20.0. The number of benzene rings is 1. The smallest absolute Gasteiger partial charge is 0.276 e. The molecule has 0 spiro atoms. The summed E-state index contributed by atoms with van der Waals surface area (Å²) in [7, 11) is 0. The molecule has 0 aliphatic rings. The highest BCUT2D eigenvalue weighted by Crippen LogP contribution is 2.28. The number of anilines is 1. The monoisotopic (exact) mass is 482 g/mol. The first-order valence-electron chi connectivity index (χ1n) is 8.52. The Bertz CT molecular complexity index is 1280. The summed E-state index contributed by atoms with van der Waals surface area (Å²) >= 11 is 3.41. The molecule has 0 bridgehead atoms. The number of aromatic nitrogens is 5.